The summed E-state index contributed by atoms with van der Waals surface area (Å²) < 4.78 is 13.2. The van der Waals surface area contributed by atoms with Gasteiger partial charge in [-0.3, -0.25) is 10.1 Å². The molecule has 0 aromatic heterocycles. The monoisotopic (exact) mass is 353 g/mol. The van der Waals surface area contributed by atoms with Gasteiger partial charge in [-0.05, 0) is 30.3 Å². The molecule has 0 fully saturated rings. The van der Waals surface area contributed by atoms with Gasteiger partial charge < -0.3 is 10.2 Å². The summed E-state index contributed by atoms with van der Waals surface area (Å²) >= 11 is 0. The van der Waals surface area contributed by atoms with Crippen LogP contribution >= 0.6 is 0 Å². The van der Waals surface area contributed by atoms with E-state index in [1.165, 1.54) is 18.2 Å². The van der Waals surface area contributed by atoms with Crippen LogP contribution < -0.4 is 0 Å². The van der Waals surface area contributed by atoms with E-state index in [-0.39, 0.29) is 17.2 Å². The first-order chi connectivity index (χ1) is 12.5. The molecule has 3 aromatic rings. The fraction of sp³-hybridized carbons (Fsp3) is 0. The van der Waals surface area contributed by atoms with Gasteiger partial charge in [0.1, 0.15) is 17.3 Å². The molecule has 0 radical (unpaired) electrons. The molecular weight excluding hydrogens is 341 g/mol. The van der Waals surface area contributed by atoms with E-state index in [1.807, 2.05) is 0 Å². The number of phenolic OH excluding ortho intramolecular Hbond substituents is 2. The Morgan fingerprint density at radius 3 is 2.35 bits per heavy atom. The van der Waals surface area contributed by atoms with Crippen LogP contribution in [-0.4, -0.2) is 15.1 Å². The normalized spacial score (nSPS) is 11.0. The largest absolute Gasteiger partial charge is 0.508 e. The lowest BCUT2D eigenvalue weighted by atomic mass is 10.0. The van der Waals surface area contributed by atoms with E-state index in [0.717, 1.165) is 18.2 Å². The molecule has 130 valence electrons. The van der Waals surface area contributed by atoms with E-state index in [1.54, 1.807) is 24.3 Å². The third kappa shape index (κ3) is 3.48. The lowest BCUT2D eigenvalue weighted by Gasteiger charge is -2.07. The van der Waals surface area contributed by atoms with Crippen molar-refractivity contribution in [3.8, 4) is 22.6 Å². The van der Waals surface area contributed by atoms with Gasteiger partial charge in [0.05, 0.1) is 16.7 Å². The standard InChI is InChI=1S/C18H12FN3O4/c19-11-5-8-16(17(9-11)22(25)26)21-20-15-4-2-1-3-13(15)14-7-6-12(23)10-18(14)24/h1-10,23-24H. The first-order valence-electron chi connectivity index (χ1n) is 7.43. The van der Waals surface area contributed by atoms with E-state index in [4.69, 9.17) is 0 Å². The number of azo groups is 1. The van der Waals surface area contributed by atoms with Crippen LogP contribution in [0.5, 0.6) is 11.5 Å². The molecule has 0 spiro atoms. The number of phenols is 2. The summed E-state index contributed by atoms with van der Waals surface area (Å²) in [5, 5.41) is 38.4. The van der Waals surface area contributed by atoms with Gasteiger partial charge in [0, 0.05) is 17.2 Å². The molecule has 0 amide bonds. The summed E-state index contributed by atoms with van der Waals surface area (Å²) in [6.07, 6.45) is 0. The summed E-state index contributed by atoms with van der Waals surface area (Å²) in [6.45, 7) is 0. The number of halogens is 1. The predicted molar refractivity (Wildman–Crippen MR) is 92.4 cm³/mol. The minimum absolute atomic E-state index is 0.0905. The van der Waals surface area contributed by atoms with Crippen LogP contribution in [0.2, 0.25) is 0 Å². The van der Waals surface area contributed by atoms with Gasteiger partial charge in [0.2, 0.25) is 0 Å². The fourth-order valence-electron chi connectivity index (χ4n) is 2.37. The summed E-state index contributed by atoms with van der Waals surface area (Å²) in [5.41, 5.74) is 0.663. The van der Waals surface area contributed by atoms with E-state index in [0.29, 0.717) is 16.8 Å². The van der Waals surface area contributed by atoms with Gasteiger partial charge in [-0.2, -0.15) is 0 Å². The van der Waals surface area contributed by atoms with E-state index in [2.05, 4.69) is 10.2 Å². The van der Waals surface area contributed by atoms with E-state index < -0.39 is 16.4 Å². The third-order valence-electron chi connectivity index (χ3n) is 3.58. The quantitative estimate of drug-likeness (QED) is 0.380. The molecule has 8 heteroatoms. The second-order valence-corrected chi connectivity index (χ2v) is 5.31. The molecule has 0 bridgehead atoms. The van der Waals surface area contributed by atoms with Crippen LogP contribution in [0.15, 0.2) is 70.9 Å². The maximum atomic E-state index is 13.2. The molecule has 3 aromatic carbocycles. The minimum atomic E-state index is -0.745. The minimum Gasteiger partial charge on any atom is -0.508 e. The molecule has 0 heterocycles. The number of rotatable bonds is 4. The van der Waals surface area contributed by atoms with Gasteiger partial charge in [0.15, 0.2) is 5.69 Å². The molecule has 0 unspecified atom stereocenters. The van der Waals surface area contributed by atoms with Crippen molar-refractivity contribution < 1.29 is 19.5 Å². The Kier molecular flexibility index (Phi) is 4.57. The summed E-state index contributed by atoms with van der Waals surface area (Å²) in [4.78, 5) is 10.3. The Morgan fingerprint density at radius 1 is 0.885 bits per heavy atom. The van der Waals surface area contributed by atoms with Crippen LogP contribution in [-0.2, 0) is 0 Å². The van der Waals surface area contributed by atoms with Crippen molar-refractivity contribution >= 4 is 17.1 Å². The van der Waals surface area contributed by atoms with Gasteiger partial charge in [-0.15, -0.1) is 10.2 Å². The zero-order valence-corrected chi connectivity index (χ0v) is 13.2. The Balaban J connectivity index is 2.05. The molecule has 2 N–H and O–H groups in total. The number of hydrogen-bond donors (Lipinski definition) is 2. The Labute approximate surface area is 146 Å². The van der Waals surface area contributed by atoms with Crippen molar-refractivity contribution in [3.63, 3.8) is 0 Å². The molecule has 0 aliphatic heterocycles. The van der Waals surface area contributed by atoms with Crippen molar-refractivity contribution in [1.82, 2.24) is 0 Å². The second-order valence-electron chi connectivity index (χ2n) is 5.31. The van der Waals surface area contributed by atoms with Gasteiger partial charge in [-0.1, -0.05) is 18.2 Å². The third-order valence-corrected chi connectivity index (χ3v) is 3.58. The van der Waals surface area contributed by atoms with Crippen LogP contribution in [0.25, 0.3) is 11.1 Å². The maximum Gasteiger partial charge on any atom is 0.299 e. The zero-order chi connectivity index (χ0) is 18.7. The van der Waals surface area contributed by atoms with Gasteiger partial charge in [0.25, 0.3) is 5.69 Å². The number of hydrogen-bond acceptors (Lipinski definition) is 6. The van der Waals surface area contributed by atoms with Gasteiger partial charge >= 0.3 is 0 Å². The van der Waals surface area contributed by atoms with Crippen LogP contribution in [0.1, 0.15) is 0 Å². The zero-order valence-electron chi connectivity index (χ0n) is 13.2. The van der Waals surface area contributed by atoms with E-state index in [9.17, 15) is 24.7 Å². The maximum absolute atomic E-state index is 13.2. The highest BCUT2D eigenvalue weighted by atomic mass is 19.1. The second kappa shape index (κ2) is 6.98. The molecule has 3 rings (SSSR count). The predicted octanol–water partition coefficient (Wildman–Crippen LogP) is 5.23. The van der Waals surface area contributed by atoms with Crippen molar-refractivity contribution in [3.05, 3.63) is 76.6 Å². The number of aromatic hydroxyl groups is 2. The molecular formula is C18H12FN3O4. The highest BCUT2D eigenvalue weighted by Crippen LogP contribution is 2.38. The summed E-state index contributed by atoms with van der Waals surface area (Å²) in [7, 11) is 0. The van der Waals surface area contributed by atoms with Crippen molar-refractivity contribution in [2.24, 2.45) is 10.2 Å². The molecule has 0 saturated carbocycles. The number of nitro benzene ring substituents is 1. The number of nitrogens with zero attached hydrogens (tertiary/aromatic N) is 3. The fourth-order valence-corrected chi connectivity index (χ4v) is 2.37. The Hall–Kier alpha value is -3.81. The van der Waals surface area contributed by atoms with Crippen molar-refractivity contribution in [2.75, 3.05) is 0 Å². The average molecular weight is 353 g/mol. The molecule has 0 aliphatic carbocycles. The highest BCUT2D eigenvalue weighted by molar-refractivity contribution is 5.80. The van der Waals surface area contributed by atoms with Crippen molar-refractivity contribution in [1.29, 1.82) is 0 Å². The number of benzene rings is 3. The topological polar surface area (TPSA) is 108 Å². The number of nitro groups is 1. The first kappa shape index (κ1) is 17.0. The van der Waals surface area contributed by atoms with Crippen molar-refractivity contribution in [2.45, 2.75) is 0 Å². The average Bonchev–Trinajstić information content (AvgIpc) is 2.61. The SMILES string of the molecule is O=[N+]([O-])c1cc(F)ccc1N=Nc1ccccc1-c1ccc(O)cc1O. The lowest BCUT2D eigenvalue weighted by Crippen LogP contribution is -1.89. The van der Waals surface area contributed by atoms with Crippen LogP contribution in [0, 0.1) is 15.9 Å². The molecule has 0 saturated heterocycles. The summed E-state index contributed by atoms with van der Waals surface area (Å²) in [5.74, 6) is -0.988. The Morgan fingerprint density at radius 2 is 1.62 bits per heavy atom. The smallest absolute Gasteiger partial charge is 0.299 e. The van der Waals surface area contributed by atoms with Gasteiger partial charge in [-0.25, -0.2) is 4.39 Å². The Bertz CT molecular complexity index is 1020. The molecule has 0 aliphatic rings. The highest BCUT2D eigenvalue weighted by Gasteiger charge is 2.15. The van der Waals surface area contributed by atoms with Crippen LogP contribution in [0.4, 0.5) is 21.5 Å². The molecule has 0 atom stereocenters. The van der Waals surface area contributed by atoms with E-state index >= 15 is 0 Å². The molecule has 26 heavy (non-hydrogen) atoms. The first-order valence-corrected chi connectivity index (χ1v) is 7.43. The summed E-state index contributed by atoms with van der Waals surface area (Å²) in [6, 6.07) is 13.8. The van der Waals surface area contributed by atoms with Crippen LogP contribution in [0.3, 0.4) is 0 Å². The lowest BCUT2D eigenvalue weighted by molar-refractivity contribution is -0.384. The molecule has 7 nitrogen and oxygen atoms in total.